The Kier molecular flexibility index (Phi) is 3.53. The van der Waals surface area contributed by atoms with Crippen molar-refractivity contribution >= 4 is 0 Å². The van der Waals surface area contributed by atoms with E-state index in [9.17, 15) is 0 Å². The highest BCUT2D eigenvalue weighted by Crippen LogP contribution is 2.19. The van der Waals surface area contributed by atoms with Crippen molar-refractivity contribution in [2.24, 2.45) is 5.73 Å². The maximum Gasteiger partial charge on any atom is 0.0649 e. The Balaban J connectivity index is 2.43. The summed E-state index contributed by atoms with van der Waals surface area (Å²) in [6, 6.07) is 8.38. The van der Waals surface area contributed by atoms with Gasteiger partial charge in [0, 0.05) is 11.7 Å². The molecule has 18 heavy (non-hydrogen) atoms. The molecule has 96 valence electrons. The molecular weight excluding hydrogens is 222 g/mol. The van der Waals surface area contributed by atoms with E-state index < -0.39 is 0 Å². The van der Waals surface area contributed by atoms with Crippen LogP contribution in [0.4, 0.5) is 0 Å². The molecule has 2 aromatic rings. The second kappa shape index (κ2) is 4.94. The van der Waals surface area contributed by atoms with Gasteiger partial charge in [-0.1, -0.05) is 19.1 Å². The molecule has 0 saturated carbocycles. The number of nitrogens with two attached hydrogens (primary N) is 1. The standard InChI is InChI=1S/C15H21N3/c1-5-15-11(3)17-18(12(15)4)14-8-6-13(7-9-14)10(2)16/h6-10H,5,16H2,1-4H3/t10-/m0/s1. The Hall–Kier alpha value is -1.61. The largest absolute Gasteiger partial charge is 0.324 e. The zero-order chi connectivity index (χ0) is 13.3. The second-order valence-corrected chi connectivity index (χ2v) is 4.79. The van der Waals surface area contributed by atoms with E-state index in [0.717, 1.165) is 23.4 Å². The number of aromatic nitrogens is 2. The molecule has 0 spiro atoms. The molecule has 1 aromatic heterocycles. The van der Waals surface area contributed by atoms with E-state index in [4.69, 9.17) is 5.73 Å². The van der Waals surface area contributed by atoms with Crippen LogP contribution in [0.3, 0.4) is 0 Å². The topological polar surface area (TPSA) is 43.8 Å². The van der Waals surface area contributed by atoms with Crippen LogP contribution in [0.5, 0.6) is 0 Å². The molecule has 1 aromatic carbocycles. The summed E-state index contributed by atoms with van der Waals surface area (Å²) in [5.74, 6) is 0. The zero-order valence-corrected chi connectivity index (χ0v) is 11.6. The summed E-state index contributed by atoms with van der Waals surface area (Å²) < 4.78 is 2.01. The number of benzene rings is 1. The van der Waals surface area contributed by atoms with Gasteiger partial charge in [0.25, 0.3) is 0 Å². The van der Waals surface area contributed by atoms with E-state index in [-0.39, 0.29) is 6.04 Å². The van der Waals surface area contributed by atoms with Crippen LogP contribution in [0.25, 0.3) is 5.69 Å². The van der Waals surface area contributed by atoms with Crippen molar-refractivity contribution in [3.8, 4) is 5.69 Å². The van der Waals surface area contributed by atoms with Crippen molar-refractivity contribution in [3.05, 3.63) is 46.8 Å². The summed E-state index contributed by atoms with van der Waals surface area (Å²) in [5.41, 5.74) is 11.8. The third-order valence-electron chi connectivity index (χ3n) is 3.46. The lowest BCUT2D eigenvalue weighted by Gasteiger charge is -2.08. The fourth-order valence-corrected chi connectivity index (χ4v) is 2.36. The molecule has 1 atom stereocenters. The average Bonchev–Trinajstić information content (AvgIpc) is 2.64. The lowest BCUT2D eigenvalue weighted by Crippen LogP contribution is -2.05. The summed E-state index contributed by atoms with van der Waals surface area (Å²) >= 11 is 0. The molecule has 0 radical (unpaired) electrons. The lowest BCUT2D eigenvalue weighted by molar-refractivity contribution is 0.808. The van der Waals surface area contributed by atoms with Crippen LogP contribution in [0.2, 0.25) is 0 Å². The zero-order valence-electron chi connectivity index (χ0n) is 11.6. The van der Waals surface area contributed by atoms with Crippen LogP contribution in [0, 0.1) is 13.8 Å². The van der Waals surface area contributed by atoms with E-state index in [1.165, 1.54) is 11.3 Å². The van der Waals surface area contributed by atoms with E-state index in [1.807, 2.05) is 11.6 Å². The van der Waals surface area contributed by atoms with E-state index in [2.05, 4.69) is 50.1 Å². The van der Waals surface area contributed by atoms with E-state index >= 15 is 0 Å². The van der Waals surface area contributed by atoms with Crippen molar-refractivity contribution in [2.75, 3.05) is 0 Å². The van der Waals surface area contributed by atoms with Gasteiger partial charge in [-0.3, -0.25) is 0 Å². The van der Waals surface area contributed by atoms with Crippen LogP contribution >= 0.6 is 0 Å². The highest BCUT2D eigenvalue weighted by Gasteiger charge is 2.11. The normalized spacial score (nSPS) is 12.7. The van der Waals surface area contributed by atoms with E-state index in [1.54, 1.807) is 0 Å². The lowest BCUT2D eigenvalue weighted by atomic mass is 10.1. The summed E-state index contributed by atoms with van der Waals surface area (Å²) in [4.78, 5) is 0. The Morgan fingerprint density at radius 2 is 1.83 bits per heavy atom. The molecule has 3 heteroatoms. The van der Waals surface area contributed by atoms with Gasteiger partial charge in [-0.15, -0.1) is 0 Å². The van der Waals surface area contributed by atoms with Crippen LogP contribution in [0.15, 0.2) is 24.3 Å². The van der Waals surface area contributed by atoms with Crippen molar-refractivity contribution in [1.82, 2.24) is 9.78 Å². The number of hydrogen-bond acceptors (Lipinski definition) is 2. The van der Waals surface area contributed by atoms with Crippen molar-refractivity contribution in [1.29, 1.82) is 0 Å². The van der Waals surface area contributed by atoms with Crippen molar-refractivity contribution in [3.63, 3.8) is 0 Å². The van der Waals surface area contributed by atoms with Gasteiger partial charge in [0.2, 0.25) is 0 Å². The first-order valence-electron chi connectivity index (χ1n) is 6.45. The van der Waals surface area contributed by atoms with Gasteiger partial charge in [-0.05, 0) is 50.5 Å². The van der Waals surface area contributed by atoms with Gasteiger partial charge in [0.05, 0.1) is 11.4 Å². The molecule has 0 aliphatic heterocycles. The predicted octanol–water partition coefficient (Wildman–Crippen LogP) is 3.07. The number of aryl methyl sites for hydroxylation is 1. The highest BCUT2D eigenvalue weighted by molar-refractivity contribution is 5.39. The van der Waals surface area contributed by atoms with Gasteiger partial charge in [0.15, 0.2) is 0 Å². The fraction of sp³-hybridized carbons (Fsp3) is 0.400. The van der Waals surface area contributed by atoms with Gasteiger partial charge in [0.1, 0.15) is 0 Å². The van der Waals surface area contributed by atoms with Crippen LogP contribution in [-0.2, 0) is 6.42 Å². The maximum atomic E-state index is 5.86. The van der Waals surface area contributed by atoms with Gasteiger partial charge < -0.3 is 5.73 Å². The minimum absolute atomic E-state index is 0.0747. The summed E-state index contributed by atoms with van der Waals surface area (Å²) in [6.45, 7) is 8.35. The molecule has 3 nitrogen and oxygen atoms in total. The Bertz CT molecular complexity index is 536. The number of hydrogen-bond donors (Lipinski definition) is 1. The smallest absolute Gasteiger partial charge is 0.0649 e. The summed E-state index contributed by atoms with van der Waals surface area (Å²) in [6.07, 6.45) is 1.02. The molecule has 2 rings (SSSR count). The minimum atomic E-state index is 0.0747. The first-order chi connectivity index (χ1) is 8.54. The van der Waals surface area contributed by atoms with Gasteiger partial charge in [-0.25, -0.2) is 4.68 Å². The molecule has 0 aliphatic carbocycles. The van der Waals surface area contributed by atoms with Gasteiger partial charge >= 0.3 is 0 Å². The minimum Gasteiger partial charge on any atom is -0.324 e. The van der Waals surface area contributed by atoms with Crippen LogP contribution in [-0.4, -0.2) is 9.78 Å². The molecule has 0 aliphatic rings. The first-order valence-corrected chi connectivity index (χ1v) is 6.45. The van der Waals surface area contributed by atoms with Gasteiger partial charge in [-0.2, -0.15) is 5.10 Å². The molecule has 0 bridgehead atoms. The molecule has 1 heterocycles. The van der Waals surface area contributed by atoms with Crippen LogP contribution in [0.1, 0.15) is 42.4 Å². The molecule has 0 amide bonds. The average molecular weight is 243 g/mol. The Labute approximate surface area is 109 Å². The quantitative estimate of drug-likeness (QED) is 0.900. The van der Waals surface area contributed by atoms with E-state index in [0.29, 0.717) is 0 Å². The first kappa shape index (κ1) is 12.8. The van der Waals surface area contributed by atoms with Crippen LogP contribution < -0.4 is 5.73 Å². The summed E-state index contributed by atoms with van der Waals surface area (Å²) in [7, 11) is 0. The number of rotatable bonds is 3. The highest BCUT2D eigenvalue weighted by atomic mass is 15.3. The Morgan fingerprint density at radius 3 is 2.28 bits per heavy atom. The molecule has 0 fully saturated rings. The predicted molar refractivity (Wildman–Crippen MR) is 75.0 cm³/mol. The molecule has 0 unspecified atom stereocenters. The third-order valence-corrected chi connectivity index (χ3v) is 3.46. The molecule has 2 N–H and O–H groups in total. The SMILES string of the molecule is CCc1c(C)nn(-c2ccc([C@H](C)N)cc2)c1C. The van der Waals surface area contributed by atoms with Crippen molar-refractivity contribution in [2.45, 2.75) is 40.2 Å². The number of nitrogens with zero attached hydrogens (tertiary/aromatic N) is 2. The monoisotopic (exact) mass is 243 g/mol. The van der Waals surface area contributed by atoms with Crippen molar-refractivity contribution < 1.29 is 0 Å². The second-order valence-electron chi connectivity index (χ2n) is 4.79. The third kappa shape index (κ3) is 2.18. The molecule has 0 saturated heterocycles. The Morgan fingerprint density at radius 1 is 1.22 bits per heavy atom. The maximum absolute atomic E-state index is 5.86. The summed E-state index contributed by atoms with van der Waals surface area (Å²) in [5, 5.41) is 4.61. The molecular formula is C15H21N3. The fourth-order valence-electron chi connectivity index (χ4n) is 2.36.